The largest absolute Gasteiger partial charge is 0.295 e. The Hall–Kier alpha value is -1.11. The maximum atomic E-state index is 10.6. The van der Waals surface area contributed by atoms with E-state index in [-0.39, 0.29) is 5.78 Å². The van der Waals surface area contributed by atoms with Gasteiger partial charge in [0, 0.05) is 5.57 Å². The van der Waals surface area contributed by atoms with Crippen LogP contribution in [0.4, 0.5) is 0 Å². The lowest BCUT2D eigenvalue weighted by atomic mass is 10.2. The lowest BCUT2D eigenvalue weighted by Gasteiger charge is -1.88. The summed E-state index contributed by atoms with van der Waals surface area (Å²) in [5, 5.41) is 0. The quantitative estimate of drug-likeness (QED) is 0.449. The van der Waals surface area contributed by atoms with Crippen LogP contribution in [0, 0.1) is 0 Å². The molecule has 11 heavy (non-hydrogen) atoms. The predicted molar refractivity (Wildman–Crippen MR) is 50.5 cm³/mol. The molecule has 1 heteroatoms. The van der Waals surface area contributed by atoms with E-state index in [1.807, 2.05) is 13.8 Å². The summed E-state index contributed by atoms with van der Waals surface area (Å²) in [6.45, 7) is 12.4. The molecule has 0 saturated heterocycles. The second-order valence-electron chi connectivity index (χ2n) is 1.62. The molecule has 0 saturated carbocycles. The third-order valence-electron chi connectivity index (χ3n) is 0.924. The third kappa shape index (κ3) is 6.78. The fourth-order valence-corrected chi connectivity index (χ4v) is 0.456. The Morgan fingerprint density at radius 1 is 1.27 bits per heavy atom. The van der Waals surface area contributed by atoms with Crippen LogP contribution in [0.2, 0.25) is 0 Å². The van der Waals surface area contributed by atoms with Gasteiger partial charge in [-0.25, -0.2) is 0 Å². The fraction of sp³-hybridized carbons (Fsp3) is 0.300. The van der Waals surface area contributed by atoms with Gasteiger partial charge in [-0.15, -0.1) is 0 Å². The van der Waals surface area contributed by atoms with Gasteiger partial charge < -0.3 is 0 Å². The molecule has 0 radical (unpaired) electrons. The van der Waals surface area contributed by atoms with Crippen LogP contribution in [0.15, 0.2) is 37.0 Å². The molecule has 0 spiro atoms. The van der Waals surface area contributed by atoms with Crippen molar-refractivity contribution in [1.29, 1.82) is 0 Å². The first-order valence-corrected chi connectivity index (χ1v) is 3.68. The molecule has 0 heterocycles. The number of carbonyl (C=O) groups is 1. The Labute approximate surface area is 69.1 Å². The summed E-state index contributed by atoms with van der Waals surface area (Å²) in [5.41, 5.74) is 0.602. The average Bonchev–Trinajstić information content (AvgIpc) is 2.03. The van der Waals surface area contributed by atoms with Gasteiger partial charge in [-0.05, 0) is 6.92 Å². The second-order valence-corrected chi connectivity index (χ2v) is 1.62. The number of hydrogen-bond acceptors (Lipinski definition) is 1. The number of rotatable bonds is 3. The van der Waals surface area contributed by atoms with Gasteiger partial charge in [0.25, 0.3) is 0 Å². The Morgan fingerprint density at radius 3 is 1.82 bits per heavy atom. The first-order chi connectivity index (χ1) is 5.22. The summed E-state index contributed by atoms with van der Waals surface area (Å²) in [7, 11) is 0. The summed E-state index contributed by atoms with van der Waals surface area (Å²) in [5.74, 6) is 0.0184. The minimum Gasteiger partial charge on any atom is -0.295 e. The molecule has 0 N–H and O–H groups in total. The van der Waals surface area contributed by atoms with Gasteiger partial charge in [-0.2, -0.15) is 0 Å². The Morgan fingerprint density at radius 2 is 1.73 bits per heavy atom. The summed E-state index contributed by atoms with van der Waals surface area (Å²) in [4.78, 5) is 10.6. The van der Waals surface area contributed by atoms with E-state index in [1.165, 1.54) is 13.0 Å². The van der Waals surface area contributed by atoms with Gasteiger partial charge in [-0.1, -0.05) is 45.2 Å². The van der Waals surface area contributed by atoms with E-state index in [0.717, 1.165) is 0 Å². The normalized spacial score (nSPS) is 9.18. The molecule has 0 aliphatic rings. The summed E-state index contributed by atoms with van der Waals surface area (Å²) >= 11 is 0. The molecule has 0 unspecified atom stereocenters. The summed E-state index contributed by atoms with van der Waals surface area (Å²) in [6, 6.07) is 0. The van der Waals surface area contributed by atoms with E-state index in [2.05, 4.69) is 13.2 Å². The van der Waals surface area contributed by atoms with Crippen LogP contribution in [-0.2, 0) is 4.79 Å². The van der Waals surface area contributed by atoms with Crippen LogP contribution in [0.5, 0.6) is 0 Å². The minimum absolute atomic E-state index is 0.0184. The fourth-order valence-electron chi connectivity index (χ4n) is 0.456. The molecule has 0 aromatic rings. The highest BCUT2D eigenvalue weighted by molar-refractivity contribution is 5.96. The number of Topliss-reactive ketones (excluding diaryl/α,β-unsaturated/α-hetero) is 1. The monoisotopic (exact) mass is 152 g/mol. The molecular weight excluding hydrogens is 136 g/mol. The molecule has 0 aromatic heterocycles. The van der Waals surface area contributed by atoms with Crippen LogP contribution in [0.25, 0.3) is 0 Å². The number of allylic oxidation sites excluding steroid dienone is 4. The maximum Gasteiger partial charge on any atom is 0.159 e. The van der Waals surface area contributed by atoms with Crippen LogP contribution in [-0.4, -0.2) is 5.78 Å². The molecular formula is C10H16O. The lowest BCUT2D eigenvalue weighted by Crippen LogP contribution is -1.90. The Balaban J connectivity index is 0. The number of ketones is 1. The molecule has 0 atom stereocenters. The van der Waals surface area contributed by atoms with Crippen molar-refractivity contribution in [2.45, 2.75) is 20.8 Å². The van der Waals surface area contributed by atoms with Crippen molar-refractivity contribution in [1.82, 2.24) is 0 Å². The van der Waals surface area contributed by atoms with E-state index < -0.39 is 0 Å². The zero-order valence-electron chi connectivity index (χ0n) is 7.55. The zero-order chi connectivity index (χ0) is 9.28. The Kier molecular flexibility index (Phi) is 10.1. The number of hydrogen-bond donors (Lipinski definition) is 0. The molecule has 0 bridgehead atoms. The molecule has 0 aliphatic carbocycles. The van der Waals surface area contributed by atoms with E-state index >= 15 is 0 Å². The van der Waals surface area contributed by atoms with Gasteiger partial charge in [0.05, 0.1) is 0 Å². The highest BCUT2D eigenvalue weighted by Crippen LogP contribution is 1.95. The van der Waals surface area contributed by atoms with Crippen LogP contribution >= 0.6 is 0 Å². The third-order valence-corrected chi connectivity index (χ3v) is 0.924. The molecule has 0 aromatic carbocycles. The van der Waals surface area contributed by atoms with Crippen molar-refractivity contribution in [2.24, 2.45) is 0 Å². The van der Waals surface area contributed by atoms with Gasteiger partial charge in [0.2, 0.25) is 0 Å². The molecule has 62 valence electrons. The van der Waals surface area contributed by atoms with Crippen molar-refractivity contribution in [3.05, 3.63) is 37.0 Å². The van der Waals surface area contributed by atoms with Crippen LogP contribution in [0.1, 0.15) is 20.8 Å². The smallest absolute Gasteiger partial charge is 0.159 e. The molecule has 1 nitrogen and oxygen atoms in total. The van der Waals surface area contributed by atoms with Gasteiger partial charge in [0.1, 0.15) is 0 Å². The minimum atomic E-state index is 0.0184. The van der Waals surface area contributed by atoms with Crippen molar-refractivity contribution in [3.8, 4) is 0 Å². The van der Waals surface area contributed by atoms with Crippen molar-refractivity contribution < 1.29 is 4.79 Å². The number of carbonyl (C=O) groups excluding carboxylic acids is 1. The van der Waals surface area contributed by atoms with E-state index in [1.54, 1.807) is 12.2 Å². The topological polar surface area (TPSA) is 17.1 Å². The lowest BCUT2D eigenvalue weighted by molar-refractivity contribution is -0.113. The van der Waals surface area contributed by atoms with E-state index in [9.17, 15) is 4.79 Å². The first kappa shape index (κ1) is 12.6. The van der Waals surface area contributed by atoms with Crippen molar-refractivity contribution >= 4 is 5.78 Å². The Bertz CT molecular complexity index is 164. The van der Waals surface area contributed by atoms with E-state index in [4.69, 9.17) is 0 Å². The van der Waals surface area contributed by atoms with E-state index in [0.29, 0.717) is 5.57 Å². The standard InChI is InChI=1S/C8H10O.C2H6/c1-4-6-8(5-2)7(3)9;1-2/h4-6H,1-2H2,3H3;1-2H3/b8-6+;. The maximum absolute atomic E-state index is 10.6. The molecule has 0 amide bonds. The first-order valence-electron chi connectivity index (χ1n) is 3.68. The SMILES string of the molecule is C=C/C=C(\C=C)C(C)=O.CC. The molecule has 0 rings (SSSR count). The highest BCUT2D eigenvalue weighted by Gasteiger charge is 1.93. The molecule has 0 fully saturated rings. The van der Waals surface area contributed by atoms with Gasteiger partial charge in [0.15, 0.2) is 5.78 Å². The highest BCUT2D eigenvalue weighted by atomic mass is 16.1. The van der Waals surface area contributed by atoms with Crippen molar-refractivity contribution in [3.63, 3.8) is 0 Å². The average molecular weight is 152 g/mol. The molecule has 0 aliphatic heterocycles. The summed E-state index contributed by atoms with van der Waals surface area (Å²) in [6.07, 6.45) is 4.72. The van der Waals surface area contributed by atoms with Gasteiger partial charge in [-0.3, -0.25) is 4.79 Å². The zero-order valence-corrected chi connectivity index (χ0v) is 7.55. The summed E-state index contributed by atoms with van der Waals surface area (Å²) < 4.78 is 0. The van der Waals surface area contributed by atoms with Gasteiger partial charge >= 0.3 is 0 Å². The predicted octanol–water partition coefficient (Wildman–Crippen LogP) is 2.90. The van der Waals surface area contributed by atoms with Crippen molar-refractivity contribution in [2.75, 3.05) is 0 Å². The van der Waals surface area contributed by atoms with Crippen LogP contribution < -0.4 is 0 Å². The van der Waals surface area contributed by atoms with Crippen LogP contribution in [0.3, 0.4) is 0 Å². The second kappa shape index (κ2) is 8.89.